The maximum Gasteiger partial charge on any atom is 0.321 e. The second-order valence-electron chi connectivity index (χ2n) is 7.42. The molecule has 1 fully saturated rings. The van der Waals surface area contributed by atoms with Gasteiger partial charge in [0.15, 0.2) is 11.7 Å². The predicted octanol–water partition coefficient (Wildman–Crippen LogP) is 2.10. The SMILES string of the molecule is CCOC(=O)[C@H]1C(=O)NC(N2CCN(C(=O)c3ccco3)CC2)=N[C@H]1c1ccc(Cl)cc1. The van der Waals surface area contributed by atoms with Crippen molar-refractivity contribution in [2.24, 2.45) is 10.9 Å². The first kappa shape index (κ1) is 21.9. The molecule has 0 bridgehead atoms. The van der Waals surface area contributed by atoms with Gasteiger partial charge in [-0.3, -0.25) is 19.7 Å². The van der Waals surface area contributed by atoms with E-state index in [1.807, 2.05) is 4.90 Å². The second-order valence-corrected chi connectivity index (χ2v) is 7.86. The number of piperazine rings is 1. The van der Waals surface area contributed by atoms with Crippen LogP contribution in [0, 0.1) is 5.92 Å². The van der Waals surface area contributed by atoms with Crippen molar-refractivity contribution in [2.45, 2.75) is 13.0 Å². The van der Waals surface area contributed by atoms with E-state index in [9.17, 15) is 14.4 Å². The van der Waals surface area contributed by atoms with Crippen LogP contribution in [0.3, 0.4) is 0 Å². The summed E-state index contributed by atoms with van der Waals surface area (Å²) in [7, 11) is 0. The number of nitrogens with one attached hydrogen (secondary N) is 1. The van der Waals surface area contributed by atoms with E-state index in [1.54, 1.807) is 48.2 Å². The van der Waals surface area contributed by atoms with Gasteiger partial charge in [-0.2, -0.15) is 0 Å². The average molecular weight is 459 g/mol. The lowest BCUT2D eigenvalue weighted by molar-refractivity contribution is -0.153. The molecule has 2 aliphatic rings. The Hall–Kier alpha value is -3.33. The minimum Gasteiger partial charge on any atom is -0.465 e. The Morgan fingerprint density at radius 2 is 1.91 bits per heavy atom. The fourth-order valence-electron chi connectivity index (χ4n) is 3.80. The molecule has 3 heterocycles. The molecule has 2 amide bonds. The number of hydrogen-bond acceptors (Lipinski definition) is 7. The highest BCUT2D eigenvalue weighted by Crippen LogP contribution is 2.31. The summed E-state index contributed by atoms with van der Waals surface area (Å²) >= 11 is 6.00. The van der Waals surface area contributed by atoms with Gasteiger partial charge in [0.1, 0.15) is 6.04 Å². The lowest BCUT2D eigenvalue weighted by Crippen LogP contribution is -2.58. The molecular formula is C22H23ClN4O5. The van der Waals surface area contributed by atoms with Crippen LogP contribution < -0.4 is 5.32 Å². The number of nitrogens with zero attached hydrogens (tertiary/aromatic N) is 3. The van der Waals surface area contributed by atoms with Crippen LogP contribution in [0.4, 0.5) is 0 Å². The van der Waals surface area contributed by atoms with Crippen molar-refractivity contribution in [3.05, 3.63) is 59.0 Å². The maximum atomic E-state index is 12.9. The van der Waals surface area contributed by atoms with E-state index in [0.717, 1.165) is 0 Å². The van der Waals surface area contributed by atoms with Crippen LogP contribution in [0.25, 0.3) is 0 Å². The number of benzene rings is 1. The van der Waals surface area contributed by atoms with Crippen molar-refractivity contribution >= 4 is 35.3 Å². The van der Waals surface area contributed by atoms with Gasteiger partial charge in [0, 0.05) is 31.2 Å². The van der Waals surface area contributed by atoms with Crippen LogP contribution in [-0.4, -0.2) is 66.3 Å². The normalized spacial score (nSPS) is 21.1. The van der Waals surface area contributed by atoms with Crippen molar-refractivity contribution in [3.8, 4) is 0 Å². The zero-order chi connectivity index (χ0) is 22.7. The lowest BCUT2D eigenvalue weighted by Gasteiger charge is -2.38. The van der Waals surface area contributed by atoms with Gasteiger partial charge >= 0.3 is 5.97 Å². The molecule has 0 radical (unpaired) electrons. The zero-order valence-corrected chi connectivity index (χ0v) is 18.2. The number of carbonyl (C=O) groups is 3. The fraction of sp³-hybridized carbons (Fsp3) is 0.364. The van der Waals surface area contributed by atoms with Gasteiger partial charge in [-0.15, -0.1) is 0 Å². The number of amides is 2. The van der Waals surface area contributed by atoms with Crippen molar-refractivity contribution in [2.75, 3.05) is 32.8 Å². The van der Waals surface area contributed by atoms with E-state index in [4.69, 9.17) is 25.7 Å². The molecule has 2 aliphatic heterocycles. The van der Waals surface area contributed by atoms with Crippen molar-refractivity contribution < 1.29 is 23.5 Å². The molecule has 1 aromatic carbocycles. The third kappa shape index (κ3) is 4.47. The lowest BCUT2D eigenvalue weighted by atomic mass is 9.91. The Morgan fingerprint density at radius 1 is 1.19 bits per heavy atom. The summed E-state index contributed by atoms with van der Waals surface area (Å²) in [6.07, 6.45) is 1.46. The monoisotopic (exact) mass is 458 g/mol. The molecule has 1 aromatic heterocycles. The molecule has 168 valence electrons. The summed E-state index contributed by atoms with van der Waals surface area (Å²) in [5.74, 6) is -1.70. The largest absolute Gasteiger partial charge is 0.465 e. The van der Waals surface area contributed by atoms with E-state index in [-0.39, 0.29) is 12.5 Å². The second kappa shape index (κ2) is 9.44. The molecule has 0 saturated carbocycles. The Kier molecular flexibility index (Phi) is 6.45. The number of carbonyl (C=O) groups excluding carboxylic acids is 3. The van der Waals surface area contributed by atoms with Crippen LogP contribution in [0.2, 0.25) is 5.02 Å². The van der Waals surface area contributed by atoms with E-state index in [1.165, 1.54) is 6.26 Å². The summed E-state index contributed by atoms with van der Waals surface area (Å²) in [4.78, 5) is 46.2. The zero-order valence-electron chi connectivity index (χ0n) is 17.5. The molecular weight excluding hydrogens is 436 g/mol. The maximum absolute atomic E-state index is 12.9. The molecule has 9 nitrogen and oxygen atoms in total. The number of rotatable bonds is 4. The first-order valence-electron chi connectivity index (χ1n) is 10.4. The minimum absolute atomic E-state index is 0.165. The van der Waals surface area contributed by atoms with Crippen molar-refractivity contribution in [3.63, 3.8) is 0 Å². The smallest absolute Gasteiger partial charge is 0.321 e. The topological polar surface area (TPSA) is 104 Å². The van der Waals surface area contributed by atoms with Gasteiger partial charge in [0.2, 0.25) is 11.9 Å². The van der Waals surface area contributed by atoms with Crippen LogP contribution in [-0.2, 0) is 14.3 Å². The minimum atomic E-state index is -1.10. The Morgan fingerprint density at radius 3 is 2.53 bits per heavy atom. The summed E-state index contributed by atoms with van der Waals surface area (Å²) in [6, 6.07) is 9.45. The van der Waals surface area contributed by atoms with Gasteiger partial charge < -0.3 is 19.0 Å². The highest BCUT2D eigenvalue weighted by Gasteiger charge is 2.42. The highest BCUT2D eigenvalue weighted by atomic mass is 35.5. The number of aliphatic imine (C=N–C) groups is 1. The van der Waals surface area contributed by atoms with Gasteiger partial charge in [-0.25, -0.2) is 4.99 Å². The van der Waals surface area contributed by atoms with Gasteiger partial charge in [-0.1, -0.05) is 23.7 Å². The fourth-order valence-corrected chi connectivity index (χ4v) is 3.93. The standard InChI is InChI=1S/C22H23ClN4O5/c1-2-31-21(30)17-18(14-5-7-15(23)8-6-14)24-22(25-19(17)28)27-11-9-26(10-12-27)20(29)16-4-3-13-32-16/h3-8,13,17-18H,2,9-12H2,1H3,(H,24,25,28)/t17-,18+/m1/s1. The Balaban J connectivity index is 1.54. The Labute approximate surface area is 190 Å². The summed E-state index contributed by atoms with van der Waals surface area (Å²) in [5.41, 5.74) is 0.687. The summed E-state index contributed by atoms with van der Waals surface area (Å²) in [5, 5.41) is 3.29. The number of guanidine groups is 1. The third-order valence-corrected chi connectivity index (χ3v) is 5.70. The van der Waals surface area contributed by atoms with Crippen LogP contribution in [0.15, 0.2) is 52.1 Å². The van der Waals surface area contributed by atoms with Gasteiger partial charge in [-0.05, 0) is 36.8 Å². The number of esters is 1. The average Bonchev–Trinajstić information content (AvgIpc) is 3.34. The molecule has 10 heteroatoms. The number of hydrogen-bond donors (Lipinski definition) is 1. The van der Waals surface area contributed by atoms with Crippen molar-refractivity contribution in [1.29, 1.82) is 0 Å². The number of ether oxygens (including phenoxy) is 1. The van der Waals surface area contributed by atoms with E-state index < -0.39 is 23.8 Å². The summed E-state index contributed by atoms with van der Waals surface area (Å²) < 4.78 is 10.3. The quantitative estimate of drug-likeness (QED) is 0.555. The van der Waals surface area contributed by atoms with Crippen LogP contribution in [0.1, 0.15) is 29.1 Å². The molecule has 0 spiro atoms. The van der Waals surface area contributed by atoms with E-state index in [0.29, 0.717) is 48.5 Å². The molecule has 32 heavy (non-hydrogen) atoms. The van der Waals surface area contributed by atoms with E-state index in [2.05, 4.69) is 5.32 Å². The van der Waals surface area contributed by atoms with Gasteiger partial charge in [0.05, 0.1) is 12.9 Å². The van der Waals surface area contributed by atoms with Crippen molar-refractivity contribution in [1.82, 2.24) is 15.1 Å². The third-order valence-electron chi connectivity index (χ3n) is 5.45. The number of halogens is 1. The molecule has 4 rings (SSSR count). The highest BCUT2D eigenvalue weighted by molar-refractivity contribution is 6.30. The molecule has 2 atom stereocenters. The molecule has 0 unspecified atom stereocenters. The van der Waals surface area contributed by atoms with Crippen LogP contribution >= 0.6 is 11.6 Å². The molecule has 1 N–H and O–H groups in total. The molecule has 1 saturated heterocycles. The van der Waals surface area contributed by atoms with E-state index >= 15 is 0 Å². The Bertz CT molecular complexity index is 1010. The van der Waals surface area contributed by atoms with Crippen LogP contribution in [0.5, 0.6) is 0 Å². The molecule has 0 aliphatic carbocycles. The summed E-state index contributed by atoms with van der Waals surface area (Å²) in [6.45, 7) is 3.70. The first-order valence-corrected chi connectivity index (χ1v) is 10.7. The first-order chi connectivity index (χ1) is 15.5. The molecule has 2 aromatic rings. The van der Waals surface area contributed by atoms with Gasteiger partial charge in [0.25, 0.3) is 5.91 Å². The number of furan rings is 1. The predicted molar refractivity (Wildman–Crippen MR) is 116 cm³/mol.